The van der Waals surface area contributed by atoms with Crippen LogP contribution in [0, 0.1) is 17.0 Å². The average molecular weight is 438 g/mol. The van der Waals surface area contributed by atoms with Gasteiger partial charge in [-0.3, -0.25) is 19.8 Å². The highest BCUT2D eigenvalue weighted by atomic mass is 35.5. The number of halogens is 1. The maximum absolute atomic E-state index is 12.7. The molecular formula is C22H16ClN3O5. The number of rotatable bonds is 5. The summed E-state index contributed by atoms with van der Waals surface area (Å²) < 4.78 is 5.72. The number of carbonyl (C=O) groups excluding carboxylic acids is 2. The Morgan fingerprint density at radius 3 is 2.58 bits per heavy atom. The molecule has 0 unspecified atom stereocenters. The summed E-state index contributed by atoms with van der Waals surface area (Å²) >= 11 is 5.86. The standard InChI is InChI=1S/C22H16ClN3O5/c1-13-2-5-15(10-19(13)26(29)30)20-9-8-17(31-20)11-18-21(27)25(22(28)24-18)12-14-3-6-16(23)7-4-14/h2-11H,12H2,1H3,(H,24,28)/b18-11-. The minimum absolute atomic E-state index is 0.00937. The molecule has 1 fully saturated rings. The molecule has 8 nitrogen and oxygen atoms in total. The van der Waals surface area contributed by atoms with Gasteiger partial charge in [0.25, 0.3) is 11.6 Å². The van der Waals surface area contributed by atoms with E-state index in [1.807, 2.05) is 0 Å². The lowest BCUT2D eigenvalue weighted by Gasteiger charge is -2.11. The summed E-state index contributed by atoms with van der Waals surface area (Å²) in [6.45, 7) is 1.76. The van der Waals surface area contributed by atoms with E-state index < -0.39 is 16.9 Å². The van der Waals surface area contributed by atoms with E-state index in [1.165, 1.54) is 12.1 Å². The summed E-state index contributed by atoms with van der Waals surface area (Å²) in [5, 5.41) is 14.3. The van der Waals surface area contributed by atoms with Gasteiger partial charge in [-0.1, -0.05) is 35.9 Å². The first-order valence-corrected chi connectivity index (χ1v) is 9.64. The number of furan rings is 1. The zero-order valence-electron chi connectivity index (χ0n) is 16.3. The molecule has 1 aromatic heterocycles. The van der Waals surface area contributed by atoms with Gasteiger partial charge in [-0.2, -0.15) is 0 Å². The van der Waals surface area contributed by atoms with Crippen molar-refractivity contribution in [2.24, 2.45) is 0 Å². The van der Waals surface area contributed by atoms with Crippen LogP contribution >= 0.6 is 11.6 Å². The van der Waals surface area contributed by atoms with Crippen LogP contribution in [0.4, 0.5) is 10.5 Å². The number of nitrogens with zero attached hydrogens (tertiary/aromatic N) is 2. The first-order chi connectivity index (χ1) is 14.8. The molecule has 2 aromatic carbocycles. The summed E-state index contributed by atoms with van der Waals surface area (Å²) in [4.78, 5) is 36.7. The summed E-state index contributed by atoms with van der Waals surface area (Å²) in [5.41, 5.74) is 1.91. The lowest BCUT2D eigenvalue weighted by Crippen LogP contribution is -2.30. The van der Waals surface area contributed by atoms with Crippen LogP contribution in [0.15, 0.2) is 64.7 Å². The molecule has 9 heteroatoms. The van der Waals surface area contributed by atoms with E-state index in [0.29, 0.717) is 27.7 Å². The molecular weight excluding hydrogens is 422 g/mol. The van der Waals surface area contributed by atoms with Crippen LogP contribution in [0.5, 0.6) is 0 Å². The van der Waals surface area contributed by atoms with Crippen LogP contribution in [0.1, 0.15) is 16.9 Å². The van der Waals surface area contributed by atoms with Crippen LogP contribution < -0.4 is 5.32 Å². The van der Waals surface area contributed by atoms with E-state index in [9.17, 15) is 19.7 Å². The van der Waals surface area contributed by atoms with Gasteiger partial charge in [-0.25, -0.2) is 4.79 Å². The molecule has 1 N–H and O–H groups in total. The Bertz CT molecular complexity index is 1230. The third-order valence-electron chi connectivity index (χ3n) is 4.82. The third-order valence-corrected chi connectivity index (χ3v) is 5.07. The number of carbonyl (C=O) groups is 2. The minimum atomic E-state index is -0.535. The quantitative estimate of drug-likeness (QED) is 0.264. The topological polar surface area (TPSA) is 106 Å². The molecule has 3 aromatic rings. The zero-order chi connectivity index (χ0) is 22.1. The summed E-state index contributed by atoms with van der Waals surface area (Å²) in [6.07, 6.45) is 1.42. The average Bonchev–Trinajstić information content (AvgIpc) is 3.30. The van der Waals surface area contributed by atoms with E-state index >= 15 is 0 Å². The van der Waals surface area contributed by atoms with E-state index in [-0.39, 0.29) is 17.9 Å². The first kappa shape index (κ1) is 20.4. The fraction of sp³-hybridized carbons (Fsp3) is 0.0909. The summed E-state index contributed by atoms with van der Waals surface area (Å²) in [5.74, 6) is 0.254. The normalized spacial score (nSPS) is 14.9. The second-order valence-electron chi connectivity index (χ2n) is 6.97. The Labute approximate surface area is 181 Å². The second kappa shape index (κ2) is 8.08. The Morgan fingerprint density at radius 1 is 1.13 bits per heavy atom. The zero-order valence-corrected chi connectivity index (χ0v) is 17.1. The predicted molar refractivity (Wildman–Crippen MR) is 114 cm³/mol. The molecule has 4 rings (SSSR count). The predicted octanol–water partition coefficient (Wildman–Crippen LogP) is 4.91. The van der Waals surface area contributed by atoms with Crippen LogP contribution in [-0.2, 0) is 11.3 Å². The molecule has 1 aliphatic rings. The fourth-order valence-corrected chi connectivity index (χ4v) is 3.30. The molecule has 3 amide bonds. The maximum Gasteiger partial charge on any atom is 0.329 e. The SMILES string of the molecule is Cc1ccc(-c2ccc(/C=C3\NC(=O)N(Cc4ccc(Cl)cc4)C3=O)o2)cc1[N+](=O)[O-]. The van der Waals surface area contributed by atoms with Gasteiger partial charge in [0.1, 0.15) is 17.2 Å². The van der Waals surface area contributed by atoms with Crippen molar-refractivity contribution < 1.29 is 18.9 Å². The lowest BCUT2D eigenvalue weighted by atomic mass is 10.1. The van der Waals surface area contributed by atoms with Crippen molar-refractivity contribution in [1.82, 2.24) is 10.2 Å². The molecule has 0 spiro atoms. The van der Waals surface area contributed by atoms with Gasteiger partial charge in [-0.15, -0.1) is 0 Å². The van der Waals surface area contributed by atoms with Crippen molar-refractivity contribution >= 4 is 35.3 Å². The number of imide groups is 1. The van der Waals surface area contributed by atoms with Crippen LogP contribution in [0.2, 0.25) is 5.02 Å². The maximum atomic E-state index is 12.7. The molecule has 0 atom stereocenters. The summed E-state index contributed by atoms with van der Waals surface area (Å²) in [7, 11) is 0. The summed E-state index contributed by atoms with van der Waals surface area (Å²) in [6, 6.07) is 14.4. The van der Waals surface area contributed by atoms with Gasteiger partial charge in [0, 0.05) is 28.3 Å². The highest BCUT2D eigenvalue weighted by Gasteiger charge is 2.33. The molecule has 0 bridgehead atoms. The lowest BCUT2D eigenvalue weighted by molar-refractivity contribution is -0.385. The Kier molecular flexibility index (Phi) is 5.31. The van der Waals surface area contributed by atoms with Crippen LogP contribution in [-0.4, -0.2) is 21.8 Å². The molecule has 0 saturated carbocycles. The number of hydrogen-bond donors (Lipinski definition) is 1. The number of aryl methyl sites for hydroxylation is 1. The highest BCUT2D eigenvalue weighted by molar-refractivity contribution is 6.30. The smallest absolute Gasteiger partial charge is 0.329 e. The Morgan fingerprint density at radius 2 is 1.87 bits per heavy atom. The van der Waals surface area contributed by atoms with E-state index in [2.05, 4.69) is 5.32 Å². The van der Waals surface area contributed by atoms with Gasteiger partial charge in [0.05, 0.1) is 11.5 Å². The molecule has 2 heterocycles. The Hall–Kier alpha value is -3.91. The first-order valence-electron chi connectivity index (χ1n) is 9.26. The molecule has 0 aliphatic carbocycles. The van der Waals surface area contributed by atoms with Gasteiger partial charge >= 0.3 is 6.03 Å². The van der Waals surface area contributed by atoms with E-state index in [4.69, 9.17) is 16.0 Å². The number of nitrogens with one attached hydrogen (secondary N) is 1. The molecule has 156 valence electrons. The van der Waals surface area contributed by atoms with Gasteiger partial charge < -0.3 is 9.73 Å². The van der Waals surface area contributed by atoms with Crippen molar-refractivity contribution in [2.45, 2.75) is 13.5 Å². The van der Waals surface area contributed by atoms with Gasteiger partial charge in [0.15, 0.2) is 0 Å². The molecule has 1 saturated heterocycles. The van der Waals surface area contributed by atoms with E-state index in [1.54, 1.807) is 55.5 Å². The van der Waals surface area contributed by atoms with Crippen molar-refractivity contribution in [1.29, 1.82) is 0 Å². The highest BCUT2D eigenvalue weighted by Crippen LogP contribution is 2.29. The molecule has 0 radical (unpaired) electrons. The number of nitro benzene ring substituents is 1. The van der Waals surface area contributed by atoms with Crippen molar-refractivity contribution in [2.75, 3.05) is 0 Å². The second-order valence-corrected chi connectivity index (χ2v) is 7.40. The van der Waals surface area contributed by atoms with Crippen LogP contribution in [0.3, 0.4) is 0 Å². The van der Waals surface area contributed by atoms with Gasteiger partial charge in [0.2, 0.25) is 0 Å². The van der Waals surface area contributed by atoms with Gasteiger partial charge in [-0.05, 0) is 36.8 Å². The number of hydrogen-bond acceptors (Lipinski definition) is 5. The Balaban J connectivity index is 1.55. The minimum Gasteiger partial charge on any atom is -0.457 e. The van der Waals surface area contributed by atoms with Crippen molar-refractivity contribution in [3.05, 3.63) is 92.3 Å². The number of nitro groups is 1. The largest absolute Gasteiger partial charge is 0.457 e. The van der Waals surface area contributed by atoms with Crippen molar-refractivity contribution in [3.8, 4) is 11.3 Å². The molecule has 31 heavy (non-hydrogen) atoms. The number of amides is 3. The monoisotopic (exact) mass is 437 g/mol. The molecule has 1 aliphatic heterocycles. The van der Waals surface area contributed by atoms with Crippen molar-refractivity contribution in [3.63, 3.8) is 0 Å². The third kappa shape index (κ3) is 4.19. The number of urea groups is 1. The fourth-order valence-electron chi connectivity index (χ4n) is 3.17. The van der Waals surface area contributed by atoms with Crippen LogP contribution in [0.25, 0.3) is 17.4 Å². The van der Waals surface area contributed by atoms with E-state index in [0.717, 1.165) is 10.5 Å². The number of benzene rings is 2.